The van der Waals surface area contributed by atoms with E-state index < -0.39 is 4.92 Å². The number of anilines is 1. The Labute approximate surface area is 151 Å². The molecule has 0 spiro atoms. The maximum atomic E-state index is 12.8. The molecule has 0 saturated carbocycles. The Balaban J connectivity index is 1.73. The van der Waals surface area contributed by atoms with E-state index in [2.05, 4.69) is 4.90 Å². The third kappa shape index (κ3) is 3.33. The van der Waals surface area contributed by atoms with E-state index in [4.69, 9.17) is 4.74 Å². The number of methoxy groups -OCH3 is 1. The van der Waals surface area contributed by atoms with Gasteiger partial charge < -0.3 is 14.5 Å². The molecule has 0 N–H and O–H groups in total. The molecule has 0 aromatic heterocycles. The molecule has 26 heavy (non-hydrogen) atoms. The summed E-state index contributed by atoms with van der Waals surface area (Å²) in [5.74, 6) is 0.646. The summed E-state index contributed by atoms with van der Waals surface area (Å²) in [7, 11) is 1.64. The van der Waals surface area contributed by atoms with E-state index in [1.165, 1.54) is 6.07 Å². The highest BCUT2D eigenvalue weighted by Gasteiger charge is 2.26. The maximum Gasteiger partial charge on any atom is 0.273 e. The van der Waals surface area contributed by atoms with Gasteiger partial charge in [0.05, 0.1) is 17.7 Å². The Bertz CT molecular complexity index is 829. The zero-order valence-electron chi connectivity index (χ0n) is 14.8. The fourth-order valence-electron chi connectivity index (χ4n) is 3.26. The summed E-state index contributed by atoms with van der Waals surface area (Å²) in [4.78, 5) is 27.4. The molecule has 2 aromatic rings. The summed E-state index contributed by atoms with van der Waals surface area (Å²) >= 11 is 0. The molecule has 1 aliphatic heterocycles. The van der Waals surface area contributed by atoms with Gasteiger partial charge in [-0.15, -0.1) is 0 Å². The molecule has 0 radical (unpaired) electrons. The highest BCUT2D eigenvalue weighted by atomic mass is 16.6. The maximum absolute atomic E-state index is 12.8. The minimum Gasteiger partial charge on any atom is -0.495 e. The zero-order chi connectivity index (χ0) is 18.7. The lowest BCUT2D eigenvalue weighted by molar-refractivity contribution is -0.385. The number of para-hydroxylation sites is 2. The Hall–Kier alpha value is -3.09. The lowest BCUT2D eigenvalue weighted by Crippen LogP contribution is -2.49. The van der Waals surface area contributed by atoms with Crippen LogP contribution < -0.4 is 9.64 Å². The molecule has 7 heteroatoms. The predicted molar refractivity (Wildman–Crippen MR) is 98.9 cm³/mol. The number of hydrogen-bond acceptors (Lipinski definition) is 5. The van der Waals surface area contributed by atoms with Crippen LogP contribution in [0.2, 0.25) is 0 Å². The van der Waals surface area contributed by atoms with Crippen molar-refractivity contribution in [3.05, 3.63) is 63.7 Å². The molecule has 136 valence electrons. The first-order valence-corrected chi connectivity index (χ1v) is 8.44. The summed E-state index contributed by atoms with van der Waals surface area (Å²) in [5, 5.41) is 11.1. The Morgan fingerprint density at radius 3 is 2.42 bits per heavy atom. The van der Waals surface area contributed by atoms with Crippen molar-refractivity contribution in [2.24, 2.45) is 0 Å². The van der Waals surface area contributed by atoms with Gasteiger partial charge in [-0.3, -0.25) is 14.9 Å². The molecule has 3 rings (SSSR count). The third-order valence-electron chi connectivity index (χ3n) is 4.73. The van der Waals surface area contributed by atoms with Crippen LogP contribution in [0.1, 0.15) is 15.9 Å². The average Bonchev–Trinajstić information content (AvgIpc) is 2.67. The molecular formula is C19H21N3O4. The van der Waals surface area contributed by atoms with Crippen molar-refractivity contribution in [2.75, 3.05) is 38.2 Å². The number of carbonyl (C=O) groups is 1. The number of piperazine rings is 1. The van der Waals surface area contributed by atoms with Crippen molar-refractivity contribution in [2.45, 2.75) is 6.92 Å². The minimum absolute atomic E-state index is 0.0245. The predicted octanol–water partition coefficient (Wildman–Crippen LogP) is 2.87. The normalized spacial score (nSPS) is 14.2. The van der Waals surface area contributed by atoms with E-state index in [0.717, 1.165) is 11.4 Å². The first-order valence-electron chi connectivity index (χ1n) is 8.44. The molecule has 2 aromatic carbocycles. The van der Waals surface area contributed by atoms with Gasteiger partial charge in [-0.25, -0.2) is 0 Å². The minimum atomic E-state index is -0.453. The second-order valence-corrected chi connectivity index (χ2v) is 6.16. The number of benzene rings is 2. The molecule has 1 heterocycles. The quantitative estimate of drug-likeness (QED) is 0.623. The van der Waals surface area contributed by atoms with Crippen molar-refractivity contribution in [3.8, 4) is 5.75 Å². The smallest absolute Gasteiger partial charge is 0.273 e. The lowest BCUT2D eigenvalue weighted by Gasteiger charge is -2.36. The van der Waals surface area contributed by atoms with E-state index in [0.29, 0.717) is 37.3 Å². The van der Waals surface area contributed by atoms with Crippen LogP contribution in [0.3, 0.4) is 0 Å². The van der Waals surface area contributed by atoms with E-state index in [9.17, 15) is 14.9 Å². The number of nitrogens with zero attached hydrogens (tertiary/aromatic N) is 3. The highest BCUT2D eigenvalue weighted by Crippen LogP contribution is 2.29. The molecule has 1 saturated heterocycles. The number of nitro benzene ring substituents is 1. The Morgan fingerprint density at radius 1 is 1.08 bits per heavy atom. The van der Waals surface area contributed by atoms with E-state index in [1.54, 1.807) is 31.1 Å². The van der Waals surface area contributed by atoms with Gasteiger partial charge in [0.25, 0.3) is 11.6 Å². The van der Waals surface area contributed by atoms with Crippen LogP contribution in [0.4, 0.5) is 11.4 Å². The number of rotatable bonds is 4. The van der Waals surface area contributed by atoms with E-state index in [1.807, 2.05) is 24.3 Å². The van der Waals surface area contributed by atoms with Crippen molar-refractivity contribution in [3.63, 3.8) is 0 Å². The van der Waals surface area contributed by atoms with Gasteiger partial charge in [0, 0.05) is 43.4 Å². The van der Waals surface area contributed by atoms with Gasteiger partial charge in [-0.1, -0.05) is 18.2 Å². The second kappa shape index (κ2) is 7.43. The molecule has 1 fully saturated rings. The number of carbonyl (C=O) groups excluding carboxylic acids is 1. The van der Waals surface area contributed by atoms with Crippen molar-refractivity contribution >= 4 is 17.3 Å². The fraction of sp³-hybridized carbons (Fsp3) is 0.316. The van der Waals surface area contributed by atoms with Gasteiger partial charge in [0.15, 0.2) is 0 Å². The average molecular weight is 355 g/mol. The van der Waals surface area contributed by atoms with Crippen LogP contribution in [0.15, 0.2) is 42.5 Å². The zero-order valence-corrected chi connectivity index (χ0v) is 14.8. The summed E-state index contributed by atoms with van der Waals surface area (Å²) in [5.41, 5.74) is 1.79. The summed E-state index contributed by atoms with van der Waals surface area (Å²) in [6, 6.07) is 12.4. The number of ether oxygens (including phenoxy) is 1. The van der Waals surface area contributed by atoms with Crippen LogP contribution in [0, 0.1) is 17.0 Å². The number of nitro groups is 1. The van der Waals surface area contributed by atoms with Crippen LogP contribution in [0.5, 0.6) is 5.75 Å². The van der Waals surface area contributed by atoms with E-state index >= 15 is 0 Å². The van der Waals surface area contributed by atoms with E-state index in [-0.39, 0.29) is 11.6 Å². The van der Waals surface area contributed by atoms with Gasteiger partial charge >= 0.3 is 0 Å². The molecule has 0 unspecified atom stereocenters. The molecule has 1 aliphatic rings. The van der Waals surface area contributed by atoms with Crippen LogP contribution in [-0.4, -0.2) is 49.0 Å². The topological polar surface area (TPSA) is 75.9 Å². The van der Waals surface area contributed by atoms with Crippen LogP contribution in [0.25, 0.3) is 0 Å². The standard InChI is InChI=1S/C19H21N3O4/c1-14-15(6-5-8-16(14)22(24)25)19(23)21-12-10-20(11-13-21)17-7-3-4-9-18(17)26-2/h3-9H,10-13H2,1-2H3. The molecule has 7 nitrogen and oxygen atoms in total. The van der Waals surface area contributed by atoms with Crippen LogP contribution >= 0.6 is 0 Å². The second-order valence-electron chi connectivity index (χ2n) is 6.16. The van der Waals surface area contributed by atoms with Crippen molar-refractivity contribution in [1.82, 2.24) is 4.90 Å². The summed E-state index contributed by atoms with van der Waals surface area (Å²) in [6.07, 6.45) is 0. The monoisotopic (exact) mass is 355 g/mol. The van der Waals surface area contributed by atoms with Gasteiger partial charge in [-0.05, 0) is 25.1 Å². The van der Waals surface area contributed by atoms with Gasteiger partial charge in [0.2, 0.25) is 0 Å². The Kier molecular flexibility index (Phi) is 5.06. The SMILES string of the molecule is COc1ccccc1N1CCN(C(=O)c2cccc([N+](=O)[O-])c2C)CC1. The molecule has 1 amide bonds. The van der Waals surface area contributed by atoms with Crippen molar-refractivity contribution < 1.29 is 14.5 Å². The first-order chi connectivity index (χ1) is 12.5. The first kappa shape index (κ1) is 17.7. The van der Waals surface area contributed by atoms with Crippen molar-refractivity contribution in [1.29, 1.82) is 0 Å². The molecule has 0 aliphatic carbocycles. The lowest BCUT2D eigenvalue weighted by atomic mass is 10.1. The van der Waals surface area contributed by atoms with Gasteiger partial charge in [0.1, 0.15) is 5.75 Å². The van der Waals surface area contributed by atoms with Crippen LogP contribution in [-0.2, 0) is 0 Å². The molecule has 0 atom stereocenters. The van der Waals surface area contributed by atoms with Gasteiger partial charge in [-0.2, -0.15) is 0 Å². The largest absolute Gasteiger partial charge is 0.495 e. The number of amides is 1. The third-order valence-corrected chi connectivity index (χ3v) is 4.73. The fourth-order valence-corrected chi connectivity index (χ4v) is 3.26. The highest BCUT2D eigenvalue weighted by molar-refractivity contribution is 5.96. The number of hydrogen-bond donors (Lipinski definition) is 0. The summed E-state index contributed by atoms with van der Waals surface area (Å²) in [6.45, 7) is 4.09. The molecule has 0 bridgehead atoms. The molecular weight excluding hydrogens is 334 g/mol. The summed E-state index contributed by atoms with van der Waals surface area (Å²) < 4.78 is 5.41. The Morgan fingerprint density at radius 2 is 1.77 bits per heavy atom.